The smallest absolute Gasteiger partial charge is 0.115 e. The van der Waals surface area contributed by atoms with E-state index in [1.807, 2.05) is 24.3 Å². The molecule has 2 aromatic carbocycles. The van der Waals surface area contributed by atoms with E-state index in [2.05, 4.69) is 23.0 Å². The lowest BCUT2D eigenvalue weighted by Gasteiger charge is -1.98. The highest BCUT2D eigenvalue weighted by Gasteiger charge is 2.05. The maximum absolute atomic E-state index is 9.25. The molecule has 3 heteroatoms. The van der Waals surface area contributed by atoms with Crippen LogP contribution >= 0.6 is 0 Å². The second-order valence-electron chi connectivity index (χ2n) is 4.50. The topological polar surface area (TPSA) is 48.9 Å². The van der Waals surface area contributed by atoms with Crippen molar-refractivity contribution in [1.82, 2.24) is 9.97 Å². The first-order valence-electron chi connectivity index (χ1n) is 5.94. The average Bonchev–Trinajstić information content (AvgIpc) is 2.76. The molecule has 0 aliphatic heterocycles. The Labute approximate surface area is 105 Å². The van der Waals surface area contributed by atoms with Crippen LogP contribution in [0.1, 0.15) is 17.0 Å². The molecule has 3 nitrogen and oxygen atoms in total. The van der Waals surface area contributed by atoms with Crippen molar-refractivity contribution in [2.24, 2.45) is 0 Å². The number of aromatic amines is 1. The third-order valence-electron chi connectivity index (χ3n) is 3.07. The number of aromatic hydroxyl groups is 1. The van der Waals surface area contributed by atoms with Crippen LogP contribution in [-0.4, -0.2) is 15.1 Å². The molecule has 2 N–H and O–H groups in total. The van der Waals surface area contributed by atoms with E-state index in [0.717, 1.165) is 28.8 Å². The number of aryl methyl sites for hydroxylation is 1. The molecule has 0 atom stereocenters. The number of phenolic OH excluding ortho intramolecular Hbond substituents is 1. The molecule has 0 saturated heterocycles. The van der Waals surface area contributed by atoms with Gasteiger partial charge in [0.1, 0.15) is 11.6 Å². The molecule has 90 valence electrons. The average molecular weight is 238 g/mol. The molecule has 3 rings (SSSR count). The van der Waals surface area contributed by atoms with Gasteiger partial charge in [0, 0.05) is 6.42 Å². The van der Waals surface area contributed by atoms with Gasteiger partial charge in [-0.1, -0.05) is 24.3 Å². The zero-order valence-corrected chi connectivity index (χ0v) is 10.1. The number of imidazole rings is 1. The maximum atomic E-state index is 9.25. The van der Waals surface area contributed by atoms with E-state index >= 15 is 0 Å². The van der Waals surface area contributed by atoms with E-state index in [9.17, 15) is 5.11 Å². The minimum Gasteiger partial charge on any atom is -0.508 e. The van der Waals surface area contributed by atoms with E-state index in [0.29, 0.717) is 5.75 Å². The molecule has 0 amide bonds. The number of nitrogens with zero attached hydrogens (tertiary/aromatic N) is 1. The summed E-state index contributed by atoms with van der Waals surface area (Å²) < 4.78 is 0. The standard InChI is InChI=1S/C15H14N2O/c1-10-3-2-4-13-15(10)17-14(16-13)9-11-5-7-12(18)8-6-11/h2-8,18H,9H2,1H3,(H,16,17). The minimum atomic E-state index is 0.291. The number of aromatic nitrogens is 2. The zero-order valence-electron chi connectivity index (χ0n) is 10.1. The first-order chi connectivity index (χ1) is 8.72. The summed E-state index contributed by atoms with van der Waals surface area (Å²) in [6.07, 6.45) is 0.744. The van der Waals surface area contributed by atoms with Crippen molar-refractivity contribution in [2.45, 2.75) is 13.3 Å². The summed E-state index contributed by atoms with van der Waals surface area (Å²) in [6.45, 7) is 2.06. The summed E-state index contributed by atoms with van der Waals surface area (Å²) in [7, 11) is 0. The number of H-pyrrole nitrogens is 1. The molecular weight excluding hydrogens is 224 g/mol. The quantitative estimate of drug-likeness (QED) is 0.720. The molecule has 0 spiro atoms. The van der Waals surface area contributed by atoms with Gasteiger partial charge in [0.05, 0.1) is 11.0 Å². The minimum absolute atomic E-state index is 0.291. The number of hydrogen-bond acceptors (Lipinski definition) is 2. The van der Waals surface area contributed by atoms with E-state index in [4.69, 9.17) is 0 Å². The highest BCUT2D eigenvalue weighted by Crippen LogP contribution is 2.18. The van der Waals surface area contributed by atoms with Crippen molar-refractivity contribution in [2.75, 3.05) is 0 Å². The highest BCUT2D eigenvalue weighted by molar-refractivity contribution is 5.78. The van der Waals surface area contributed by atoms with Gasteiger partial charge >= 0.3 is 0 Å². The number of benzene rings is 2. The SMILES string of the molecule is Cc1cccc2[nH]c(Cc3ccc(O)cc3)nc12. The predicted octanol–water partition coefficient (Wildman–Crippen LogP) is 3.17. The van der Waals surface area contributed by atoms with Crippen molar-refractivity contribution >= 4 is 11.0 Å². The zero-order chi connectivity index (χ0) is 12.5. The van der Waals surface area contributed by atoms with Crippen molar-refractivity contribution in [1.29, 1.82) is 0 Å². The van der Waals surface area contributed by atoms with Gasteiger partial charge in [-0.2, -0.15) is 0 Å². The number of phenols is 1. The second-order valence-corrected chi connectivity index (χ2v) is 4.50. The van der Waals surface area contributed by atoms with Crippen LogP contribution in [0.5, 0.6) is 5.75 Å². The van der Waals surface area contributed by atoms with Crippen LogP contribution in [0.15, 0.2) is 42.5 Å². The van der Waals surface area contributed by atoms with Gasteiger partial charge in [-0.25, -0.2) is 4.98 Å². The molecule has 0 fully saturated rings. The summed E-state index contributed by atoms with van der Waals surface area (Å²) in [5, 5.41) is 9.25. The Morgan fingerprint density at radius 2 is 1.89 bits per heavy atom. The second kappa shape index (κ2) is 4.18. The number of para-hydroxylation sites is 1. The van der Waals surface area contributed by atoms with E-state index in [1.165, 1.54) is 5.56 Å². The number of nitrogens with one attached hydrogen (secondary N) is 1. The third-order valence-corrected chi connectivity index (χ3v) is 3.07. The normalized spacial score (nSPS) is 10.9. The van der Waals surface area contributed by atoms with Crippen molar-refractivity contribution in [3.05, 3.63) is 59.4 Å². The van der Waals surface area contributed by atoms with Crippen LogP contribution in [0.25, 0.3) is 11.0 Å². The fraction of sp³-hybridized carbons (Fsp3) is 0.133. The van der Waals surface area contributed by atoms with Crippen LogP contribution in [0.2, 0.25) is 0 Å². The fourth-order valence-corrected chi connectivity index (χ4v) is 2.12. The van der Waals surface area contributed by atoms with Gasteiger partial charge in [0.25, 0.3) is 0 Å². The molecule has 0 bridgehead atoms. The lowest BCUT2D eigenvalue weighted by molar-refractivity contribution is 0.475. The first-order valence-corrected chi connectivity index (χ1v) is 5.94. The lowest BCUT2D eigenvalue weighted by atomic mass is 10.1. The van der Waals surface area contributed by atoms with Crippen LogP contribution in [0, 0.1) is 6.92 Å². The van der Waals surface area contributed by atoms with E-state index in [-0.39, 0.29) is 0 Å². The summed E-state index contributed by atoms with van der Waals surface area (Å²) in [5.41, 5.74) is 4.42. The molecule has 1 aromatic heterocycles. The highest BCUT2D eigenvalue weighted by atomic mass is 16.3. The molecule has 1 heterocycles. The number of fused-ring (bicyclic) bond motifs is 1. The van der Waals surface area contributed by atoms with Crippen molar-refractivity contribution in [3.8, 4) is 5.75 Å². The summed E-state index contributed by atoms with van der Waals surface area (Å²) >= 11 is 0. The molecular formula is C15H14N2O. The van der Waals surface area contributed by atoms with Gasteiger partial charge in [0.15, 0.2) is 0 Å². The largest absolute Gasteiger partial charge is 0.508 e. The Bertz CT molecular complexity index is 683. The van der Waals surface area contributed by atoms with Gasteiger partial charge in [0.2, 0.25) is 0 Å². The maximum Gasteiger partial charge on any atom is 0.115 e. The summed E-state index contributed by atoms with van der Waals surface area (Å²) in [4.78, 5) is 7.94. The fourth-order valence-electron chi connectivity index (χ4n) is 2.12. The predicted molar refractivity (Wildman–Crippen MR) is 71.7 cm³/mol. The Morgan fingerprint density at radius 1 is 1.11 bits per heavy atom. The summed E-state index contributed by atoms with van der Waals surface area (Å²) in [6, 6.07) is 13.3. The Hall–Kier alpha value is -2.29. The third kappa shape index (κ3) is 1.95. The van der Waals surface area contributed by atoms with E-state index in [1.54, 1.807) is 12.1 Å². The van der Waals surface area contributed by atoms with Crippen LogP contribution in [0.4, 0.5) is 0 Å². The van der Waals surface area contributed by atoms with Crippen molar-refractivity contribution < 1.29 is 5.11 Å². The Morgan fingerprint density at radius 3 is 2.61 bits per heavy atom. The molecule has 3 aromatic rings. The molecule has 0 aliphatic carbocycles. The summed E-state index contributed by atoms with van der Waals surface area (Å²) in [5.74, 6) is 1.24. The molecule has 0 aliphatic rings. The Kier molecular flexibility index (Phi) is 2.52. The van der Waals surface area contributed by atoms with Crippen LogP contribution in [-0.2, 0) is 6.42 Å². The first kappa shape index (κ1) is 10.8. The molecule has 0 unspecified atom stereocenters. The monoisotopic (exact) mass is 238 g/mol. The van der Waals surface area contributed by atoms with E-state index < -0.39 is 0 Å². The van der Waals surface area contributed by atoms with Gasteiger partial charge in [-0.3, -0.25) is 0 Å². The number of hydrogen-bond donors (Lipinski definition) is 2. The number of rotatable bonds is 2. The van der Waals surface area contributed by atoms with Gasteiger partial charge < -0.3 is 10.1 Å². The molecule has 18 heavy (non-hydrogen) atoms. The van der Waals surface area contributed by atoms with Crippen LogP contribution in [0.3, 0.4) is 0 Å². The Balaban J connectivity index is 1.95. The molecule has 0 saturated carbocycles. The molecule has 0 radical (unpaired) electrons. The van der Waals surface area contributed by atoms with Gasteiger partial charge in [-0.15, -0.1) is 0 Å². The van der Waals surface area contributed by atoms with Gasteiger partial charge in [-0.05, 0) is 36.2 Å². The van der Waals surface area contributed by atoms with Crippen LogP contribution < -0.4 is 0 Å². The lowest BCUT2D eigenvalue weighted by Crippen LogP contribution is -1.89. The van der Waals surface area contributed by atoms with Crippen molar-refractivity contribution in [3.63, 3.8) is 0 Å².